The fourth-order valence-corrected chi connectivity index (χ4v) is 4.93. The molecule has 1 amide bonds. The van der Waals surface area contributed by atoms with Crippen LogP contribution in [0.1, 0.15) is 24.7 Å². The zero-order valence-corrected chi connectivity index (χ0v) is 22.3. The predicted octanol–water partition coefficient (Wildman–Crippen LogP) is 6.51. The SMILES string of the molecule is CCOCCn1c(S[C@H](C(=O)Nc2ccccc2OCC)c2ccccc2)nnc1-c1ccc(Cl)cc1. The molecule has 1 aromatic heterocycles. The minimum Gasteiger partial charge on any atom is -0.492 e. The Morgan fingerprint density at radius 3 is 2.43 bits per heavy atom. The highest BCUT2D eigenvalue weighted by Gasteiger charge is 2.27. The summed E-state index contributed by atoms with van der Waals surface area (Å²) in [6.45, 7) is 6.01. The van der Waals surface area contributed by atoms with Crippen molar-refractivity contribution in [3.8, 4) is 17.1 Å². The van der Waals surface area contributed by atoms with E-state index in [-0.39, 0.29) is 5.91 Å². The number of amides is 1. The van der Waals surface area contributed by atoms with Gasteiger partial charge >= 0.3 is 0 Å². The summed E-state index contributed by atoms with van der Waals surface area (Å²) in [5.41, 5.74) is 2.36. The molecule has 37 heavy (non-hydrogen) atoms. The molecule has 1 heterocycles. The molecule has 3 aromatic carbocycles. The number of nitrogens with zero attached hydrogens (tertiary/aromatic N) is 3. The van der Waals surface area contributed by atoms with E-state index in [1.807, 2.05) is 97.3 Å². The van der Waals surface area contributed by atoms with Crippen LogP contribution in [0, 0.1) is 0 Å². The van der Waals surface area contributed by atoms with Gasteiger partial charge in [-0.2, -0.15) is 0 Å². The summed E-state index contributed by atoms with van der Waals surface area (Å²) in [5, 5.41) is 12.7. The lowest BCUT2D eigenvalue weighted by molar-refractivity contribution is -0.115. The quantitative estimate of drug-likeness (QED) is 0.164. The van der Waals surface area contributed by atoms with E-state index in [0.29, 0.717) is 53.8 Å². The molecule has 1 N–H and O–H groups in total. The molecular formula is C28H29ClN4O3S. The molecule has 0 bridgehead atoms. The van der Waals surface area contributed by atoms with Crippen molar-refractivity contribution in [3.05, 3.63) is 89.4 Å². The third-order valence-corrected chi connectivity index (χ3v) is 6.98. The van der Waals surface area contributed by atoms with Crippen molar-refractivity contribution in [3.63, 3.8) is 0 Å². The second kappa shape index (κ2) is 13.3. The van der Waals surface area contributed by atoms with Crippen LogP contribution in [0.2, 0.25) is 5.02 Å². The maximum absolute atomic E-state index is 13.7. The van der Waals surface area contributed by atoms with Gasteiger partial charge in [0.15, 0.2) is 11.0 Å². The zero-order chi connectivity index (χ0) is 26.0. The number of hydrogen-bond donors (Lipinski definition) is 1. The van der Waals surface area contributed by atoms with E-state index in [0.717, 1.165) is 11.1 Å². The zero-order valence-electron chi connectivity index (χ0n) is 20.8. The first-order valence-electron chi connectivity index (χ1n) is 12.1. The van der Waals surface area contributed by atoms with Gasteiger partial charge in [0.05, 0.1) is 25.4 Å². The number of aromatic nitrogens is 3. The van der Waals surface area contributed by atoms with Gasteiger partial charge in [0, 0.05) is 17.2 Å². The number of hydrogen-bond acceptors (Lipinski definition) is 6. The summed E-state index contributed by atoms with van der Waals surface area (Å²) in [7, 11) is 0. The van der Waals surface area contributed by atoms with Gasteiger partial charge in [-0.3, -0.25) is 9.36 Å². The standard InChI is InChI=1S/C28H29ClN4O3S/c1-3-35-19-18-33-26(21-14-16-22(29)17-15-21)31-32-28(33)37-25(20-10-6-5-7-11-20)27(34)30-23-12-8-9-13-24(23)36-4-2/h5-17,25H,3-4,18-19H2,1-2H3,(H,30,34)/t25-/m0/s1. The number of anilines is 1. The fraction of sp³-hybridized carbons (Fsp3) is 0.250. The Kier molecular flexibility index (Phi) is 9.59. The third-order valence-electron chi connectivity index (χ3n) is 5.49. The third kappa shape index (κ3) is 6.91. The summed E-state index contributed by atoms with van der Waals surface area (Å²) >= 11 is 7.44. The fourth-order valence-electron chi connectivity index (χ4n) is 3.75. The van der Waals surface area contributed by atoms with Crippen LogP contribution in [0.4, 0.5) is 5.69 Å². The lowest BCUT2D eigenvalue weighted by Crippen LogP contribution is -2.20. The van der Waals surface area contributed by atoms with E-state index < -0.39 is 5.25 Å². The van der Waals surface area contributed by atoms with Crippen molar-refractivity contribution in [1.29, 1.82) is 0 Å². The van der Waals surface area contributed by atoms with Crippen LogP contribution in [0.25, 0.3) is 11.4 Å². The first-order valence-corrected chi connectivity index (χ1v) is 13.4. The van der Waals surface area contributed by atoms with Gasteiger partial charge in [-0.15, -0.1) is 10.2 Å². The lowest BCUT2D eigenvalue weighted by Gasteiger charge is -2.19. The lowest BCUT2D eigenvalue weighted by atomic mass is 10.1. The molecule has 192 valence electrons. The van der Waals surface area contributed by atoms with Crippen molar-refractivity contribution in [2.75, 3.05) is 25.1 Å². The van der Waals surface area contributed by atoms with Crippen molar-refractivity contribution >= 4 is 35.0 Å². The molecule has 0 aliphatic heterocycles. The van der Waals surface area contributed by atoms with Crippen LogP contribution in [-0.4, -0.2) is 40.5 Å². The second-order valence-corrected chi connectivity index (χ2v) is 9.50. The number of carbonyl (C=O) groups is 1. The highest BCUT2D eigenvalue weighted by Crippen LogP contribution is 2.37. The molecular weight excluding hydrogens is 508 g/mol. The van der Waals surface area contributed by atoms with Gasteiger partial charge in [0.2, 0.25) is 5.91 Å². The van der Waals surface area contributed by atoms with Crippen molar-refractivity contribution < 1.29 is 14.3 Å². The van der Waals surface area contributed by atoms with Crippen molar-refractivity contribution in [1.82, 2.24) is 14.8 Å². The van der Waals surface area contributed by atoms with Crippen LogP contribution in [-0.2, 0) is 16.1 Å². The van der Waals surface area contributed by atoms with E-state index >= 15 is 0 Å². The van der Waals surface area contributed by atoms with E-state index in [1.165, 1.54) is 11.8 Å². The highest BCUT2D eigenvalue weighted by molar-refractivity contribution is 8.00. The first-order chi connectivity index (χ1) is 18.1. The van der Waals surface area contributed by atoms with E-state index in [1.54, 1.807) is 0 Å². The molecule has 0 spiro atoms. The van der Waals surface area contributed by atoms with E-state index in [4.69, 9.17) is 21.1 Å². The van der Waals surface area contributed by atoms with Gasteiger partial charge in [-0.25, -0.2) is 0 Å². The molecule has 4 aromatic rings. The van der Waals surface area contributed by atoms with Gasteiger partial charge in [-0.05, 0) is 55.8 Å². The number of carbonyl (C=O) groups excluding carboxylic acids is 1. The summed E-state index contributed by atoms with van der Waals surface area (Å²) in [6.07, 6.45) is 0. The predicted molar refractivity (Wildman–Crippen MR) is 148 cm³/mol. The van der Waals surface area contributed by atoms with Gasteiger partial charge in [0.25, 0.3) is 0 Å². The average Bonchev–Trinajstić information content (AvgIpc) is 3.32. The summed E-state index contributed by atoms with van der Waals surface area (Å²) in [6, 6.07) is 24.5. The Hall–Kier alpha value is -3.33. The average molecular weight is 537 g/mol. The largest absolute Gasteiger partial charge is 0.492 e. The second-order valence-electron chi connectivity index (χ2n) is 7.99. The Morgan fingerprint density at radius 2 is 1.70 bits per heavy atom. The number of halogens is 1. The summed E-state index contributed by atoms with van der Waals surface area (Å²) in [4.78, 5) is 13.7. The molecule has 0 fully saturated rings. The molecule has 0 aliphatic carbocycles. The number of rotatable bonds is 12. The maximum atomic E-state index is 13.7. The molecule has 0 unspecified atom stereocenters. The molecule has 7 nitrogen and oxygen atoms in total. The normalized spacial score (nSPS) is 11.8. The molecule has 0 saturated heterocycles. The molecule has 9 heteroatoms. The minimum absolute atomic E-state index is 0.184. The van der Waals surface area contributed by atoms with Crippen LogP contribution < -0.4 is 10.1 Å². The smallest absolute Gasteiger partial charge is 0.242 e. The monoisotopic (exact) mass is 536 g/mol. The van der Waals surface area contributed by atoms with Crippen molar-refractivity contribution in [2.45, 2.75) is 30.8 Å². The Morgan fingerprint density at radius 1 is 0.973 bits per heavy atom. The number of benzene rings is 3. The molecule has 0 saturated carbocycles. The van der Waals surface area contributed by atoms with E-state index in [9.17, 15) is 4.79 Å². The van der Waals surface area contributed by atoms with Crippen molar-refractivity contribution in [2.24, 2.45) is 0 Å². The number of thioether (sulfide) groups is 1. The topological polar surface area (TPSA) is 78.3 Å². The summed E-state index contributed by atoms with van der Waals surface area (Å²) in [5.74, 6) is 1.13. The van der Waals surface area contributed by atoms with Crippen LogP contribution >= 0.6 is 23.4 Å². The Bertz CT molecular complexity index is 1300. The van der Waals surface area contributed by atoms with Gasteiger partial charge < -0.3 is 14.8 Å². The number of ether oxygens (including phenoxy) is 2. The van der Waals surface area contributed by atoms with E-state index in [2.05, 4.69) is 15.5 Å². The number of para-hydroxylation sites is 2. The van der Waals surface area contributed by atoms with Gasteiger partial charge in [-0.1, -0.05) is 65.8 Å². The molecule has 0 aliphatic rings. The van der Waals surface area contributed by atoms with Gasteiger partial charge in [0.1, 0.15) is 11.0 Å². The van der Waals surface area contributed by atoms with Crippen LogP contribution in [0.5, 0.6) is 5.75 Å². The maximum Gasteiger partial charge on any atom is 0.242 e. The summed E-state index contributed by atoms with van der Waals surface area (Å²) < 4.78 is 13.3. The number of nitrogens with one attached hydrogen (secondary N) is 1. The highest BCUT2D eigenvalue weighted by atomic mass is 35.5. The molecule has 4 rings (SSSR count). The minimum atomic E-state index is -0.580. The van der Waals surface area contributed by atoms with Crippen LogP contribution in [0.15, 0.2) is 84.0 Å². The Labute approximate surface area is 226 Å². The Balaban J connectivity index is 1.67. The van der Waals surface area contributed by atoms with Crippen LogP contribution in [0.3, 0.4) is 0 Å². The first kappa shape index (κ1) is 26.7. The molecule has 0 radical (unpaired) electrons. The molecule has 1 atom stereocenters.